The fourth-order valence-corrected chi connectivity index (χ4v) is 1.54. The Morgan fingerprint density at radius 2 is 2.18 bits per heavy atom. The highest BCUT2D eigenvalue weighted by molar-refractivity contribution is 5.69. The van der Waals surface area contributed by atoms with Crippen LogP contribution >= 0.6 is 0 Å². The molecule has 1 aromatic rings. The molecule has 0 fully saturated rings. The molecular formula is C12H14O5. The van der Waals surface area contributed by atoms with Crippen LogP contribution < -0.4 is 14.2 Å². The lowest BCUT2D eigenvalue weighted by atomic mass is 10.2. The number of carbonyl (C=O) groups is 1. The van der Waals surface area contributed by atoms with Crippen molar-refractivity contribution in [3.8, 4) is 17.2 Å². The van der Waals surface area contributed by atoms with Gasteiger partial charge in [0.25, 0.3) is 0 Å². The molecule has 0 saturated heterocycles. The number of carbonyl (C=O) groups excluding carboxylic acids is 1. The molecule has 0 aromatic heterocycles. The molecule has 1 aliphatic rings. The van der Waals surface area contributed by atoms with Gasteiger partial charge in [0.1, 0.15) is 11.9 Å². The van der Waals surface area contributed by atoms with Crippen LogP contribution in [0.1, 0.15) is 13.3 Å². The third kappa shape index (κ3) is 2.81. The number of rotatable bonds is 4. The minimum absolute atomic E-state index is 0.213. The standard InChI is InChI=1S/C12H14O5/c1-8(5-12(13)14-2)17-9-3-4-10-11(6-9)16-7-15-10/h3-4,6,8H,5,7H2,1-2H3. The van der Waals surface area contributed by atoms with E-state index in [1.807, 2.05) is 6.92 Å². The molecule has 0 spiro atoms. The average Bonchev–Trinajstić information content (AvgIpc) is 2.75. The first-order chi connectivity index (χ1) is 8.19. The summed E-state index contributed by atoms with van der Waals surface area (Å²) in [5.74, 6) is 1.72. The van der Waals surface area contributed by atoms with Crippen molar-refractivity contribution in [3.05, 3.63) is 18.2 Å². The van der Waals surface area contributed by atoms with E-state index in [0.717, 1.165) is 0 Å². The van der Waals surface area contributed by atoms with E-state index < -0.39 is 0 Å². The van der Waals surface area contributed by atoms with Gasteiger partial charge in [-0.3, -0.25) is 4.79 Å². The van der Waals surface area contributed by atoms with Gasteiger partial charge in [-0.15, -0.1) is 0 Å². The van der Waals surface area contributed by atoms with Crippen LogP contribution in [-0.4, -0.2) is 26.0 Å². The van der Waals surface area contributed by atoms with Crippen molar-refractivity contribution < 1.29 is 23.7 Å². The normalized spacial score (nSPS) is 14.2. The number of hydrogen-bond acceptors (Lipinski definition) is 5. The Morgan fingerprint density at radius 1 is 1.41 bits per heavy atom. The minimum atomic E-state index is -0.293. The van der Waals surface area contributed by atoms with Gasteiger partial charge in [0.2, 0.25) is 6.79 Å². The predicted molar refractivity (Wildman–Crippen MR) is 59.3 cm³/mol. The van der Waals surface area contributed by atoms with Crippen LogP contribution in [0.2, 0.25) is 0 Å². The Kier molecular flexibility index (Phi) is 3.37. The summed E-state index contributed by atoms with van der Waals surface area (Å²) in [6, 6.07) is 5.31. The van der Waals surface area contributed by atoms with Gasteiger partial charge in [-0.05, 0) is 19.1 Å². The van der Waals surface area contributed by atoms with Crippen LogP contribution in [0.3, 0.4) is 0 Å². The largest absolute Gasteiger partial charge is 0.490 e. The zero-order valence-corrected chi connectivity index (χ0v) is 9.76. The average molecular weight is 238 g/mol. The molecule has 1 aromatic carbocycles. The smallest absolute Gasteiger partial charge is 0.309 e. The molecule has 1 atom stereocenters. The fourth-order valence-electron chi connectivity index (χ4n) is 1.54. The molecule has 0 N–H and O–H groups in total. The zero-order chi connectivity index (χ0) is 12.3. The first-order valence-corrected chi connectivity index (χ1v) is 5.32. The molecular weight excluding hydrogens is 224 g/mol. The van der Waals surface area contributed by atoms with Crippen molar-refractivity contribution in [2.45, 2.75) is 19.4 Å². The Balaban J connectivity index is 1.97. The lowest BCUT2D eigenvalue weighted by molar-refractivity contribution is -0.142. The van der Waals surface area contributed by atoms with Gasteiger partial charge in [0, 0.05) is 6.07 Å². The second-order valence-corrected chi connectivity index (χ2v) is 3.72. The first kappa shape index (κ1) is 11.6. The lowest BCUT2D eigenvalue weighted by Gasteiger charge is -2.13. The molecule has 92 valence electrons. The molecule has 5 nitrogen and oxygen atoms in total. The van der Waals surface area contributed by atoms with E-state index in [4.69, 9.17) is 14.2 Å². The van der Waals surface area contributed by atoms with Crippen LogP contribution in [0.4, 0.5) is 0 Å². The van der Waals surface area contributed by atoms with E-state index in [2.05, 4.69) is 4.74 Å². The summed E-state index contributed by atoms with van der Waals surface area (Å²) in [5, 5.41) is 0. The van der Waals surface area contributed by atoms with E-state index >= 15 is 0 Å². The summed E-state index contributed by atoms with van der Waals surface area (Å²) < 4.78 is 20.6. The molecule has 0 amide bonds. The lowest BCUT2D eigenvalue weighted by Crippen LogP contribution is -2.17. The Labute approximate surface area is 99.2 Å². The van der Waals surface area contributed by atoms with Crippen molar-refractivity contribution in [3.63, 3.8) is 0 Å². The van der Waals surface area contributed by atoms with Gasteiger partial charge in [0.05, 0.1) is 13.5 Å². The summed E-state index contributed by atoms with van der Waals surface area (Å²) >= 11 is 0. The monoisotopic (exact) mass is 238 g/mol. The molecule has 17 heavy (non-hydrogen) atoms. The molecule has 0 bridgehead atoms. The number of fused-ring (bicyclic) bond motifs is 1. The van der Waals surface area contributed by atoms with E-state index in [0.29, 0.717) is 17.2 Å². The van der Waals surface area contributed by atoms with Gasteiger partial charge in [-0.2, -0.15) is 0 Å². The van der Waals surface area contributed by atoms with Crippen LogP contribution in [0, 0.1) is 0 Å². The Hall–Kier alpha value is -1.91. The maximum absolute atomic E-state index is 11.1. The van der Waals surface area contributed by atoms with E-state index in [1.165, 1.54) is 7.11 Å². The molecule has 1 aliphatic heterocycles. The van der Waals surface area contributed by atoms with Crippen molar-refractivity contribution in [2.75, 3.05) is 13.9 Å². The second-order valence-electron chi connectivity index (χ2n) is 3.72. The number of ether oxygens (including phenoxy) is 4. The third-order valence-electron chi connectivity index (χ3n) is 2.36. The summed E-state index contributed by atoms with van der Waals surface area (Å²) in [6.07, 6.45) is -0.0342. The Morgan fingerprint density at radius 3 is 2.94 bits per heavy atom. The summed E-state index contributed by atoms with van der Waals surface area (Å²) in [5.41, 5.74) is 0. The van der Waals surface area contributed by atoms with Gasteiger partial charge < -0.3 is 18.9 Å². The van der Waals surface area contributed by atoms with Crippen molar-refractivity contribution in [2.24, 2.45) is 0 Å². The molecule has 1 unspecified atom stereocenters. The van der Waals surface area contributed by atoms with Crippen LogP contribution in [0.5, 0.6) is 17.2 Å². The van der Waals surface area contributed by atoms with Crippen LogP contribution in [0.25, 0.3) is 0 Å². The topological polar surface area (TPSA) is 54.0 Å². The van der Waals surface area contributed by atoms with Gasteiger partial charge in [-0.1, -0.05) is 0 Å². The predicted octanol–water partition coefficient (Wildman–Crippen LogP) is 1.75. The highest BCUT2D eigenvalue weighted by Crippen LogP contribution is 2.35. The number of esters is 1. The maximum Gasteiger partial charge on any atom is 0.309 e. The summed E-state index contributed by atoms with van der Waals surface area (Å²) in [7, 11) is 1.36. The molecule has 0 saturated carbocycles. The highest BCUT2D eigenvalue weighted by atomic mass is 16.7. The van der Waals surface area contributed by atoms with Crippen molar-refractivity contribution >= 4 is 5.97 Å². The van der Waals surface area contributed by atoms with Gasteiger partial charge >= 0.3 is 5.97 Å². The van der Waals surface area contributed by atoms with Crippen molar-refractivity contribution in [1.29, 1.82) is 0 Å². The van der Waals surface area contributed by atoms with E-state index in [9.17, 15) is 4.79 Å². The fraction of sp³-hybridized carbons (Fsp3) is 0.417. The second kappa shape index (κ2) is 4.95. The minimum Gasteiger partial charge on any atom is -0.490 e. The van der Waals surface area contributed by atoms with Crippen molar-refractivity contribution in [1.82, 2.24) is 0 Å². The summed E-state index contributed by atoms with van der Waals surface area (Å²) in [6.45, 7) is 2.04. The molecule has 0 radical (unpaired) electrons. The van der Waals surface area contributed by atoms with Gasteiger partial charge in [0.15, 0.2) is 11.5 Å². The van der Waals surface area contributed by atoms with Gasteiger partial charge in [-0.25, -0.2) is 0 Å². The molecule has 5 heteroatoms. The zero-order valence-electron chi connectivity index (χ0n) is 9.76. The maximum atomic E-state index is 11.1. The van der Waals surface area contributed by atoms with E-state index in [1.54, 1.807) is 18.2 Å². The summed E-state index contributed by atoms with van der Waals surface area (Å²) in [4.78, 5) is 11.1. The molecule has 1 heterocycles. The molecule has 0 aliphatic carbocycles. The highest BCUT2D eigenvalue weighted by Gasteiger charge is 2.16. The van der Waals surface area contributed by atoms with E-state index in [-0.39, 0.29) is 25.3 Å². The number of benzene rings is 1. The van der Waals surface area contributed by atoms with Crippen LogP contribution in [0.15, 0.2) is 18.2 Å². The molecule has 2 rings (SSSR count). The quantitative estimate of drug-likeness (QED) is 0.748. The SMILES string of the molecule is COC(=O)CC(C)Oc1ccc2c(c1)OCO2. The first-order valence-electron chi connectivity index (χ1n) is 5.32. The van der Waals surface area contributed by atoms with Crippen LogP contribution in [-0.2, 0) is 9.53 Å². The third-order valence-corrected chi connectivity index (χ3v) is 2.36. The number of hydrogen-bond donors (Lipinski definition) is 0. The Bertz CT molecular complexity index is 415. The number of methoxy groups -OCH3 is 1.